The van der Waals surface area contributed by atoms with Gasteiger partial charge in [-0.05, 0) is 38.6 Å². The molecule has 2 aliphatic heterocycles. The number of piperazine rings is 1. The number of likely N-dealkylation sites (tertiary alicyclic amines) is 1. The van der Waals surface area contributed by atoms with Gasteiger partial charge in [0.2, 0.25) is 0 Å². The number of carbonyl (C=O) groups is 1. The van der Waals surface area contributed by atoms with Crippen molar-refractivity contribution in [3.63, 3.8) is 0 Å². The van der Waals surface area contributed by atoms with Gasteiger partial charge in [-0.2, -0.15) is 15.2 Å². The van der Waals surface area contributed by atoms with Gasteiger partial charge in [-0.3, -0.25) is 0 Å². The third-order valence-corrected chi connectivity index (χ3v) is 6.10. The number of amides is 1. The van der Waals surface area contributed by atoms with E-state index < -0.39 is 6.09 Å². The SMILES string of the molecule is CN1CCC[C@H]1COc1nc(N2CCN(C(=O)O)CC2)c2cc(C#N)c(Cl)cc2n1. The predicted octanol–water partition coefficient (Wildman–Crippen LogP) is 2.43. The summed E-state index contributed by atoms with van der Waals surface area (Å²) in [5.74, 6) is 0.632. The number of halogens is 1. The number of ether oxygens (including phenoxy) is 1. The smallest absolute Gasteiger partial charge is 0.407 e. The Labute approximate surface area is 179 Å². The highest BCUT2D eigenvalue weighted by Gasteiger charge is 2.25. The zero-order valence-corrected chi connectivity index (χ0v) is 17.5. The van der Waals surface area contributed by atoms with Gasteiger partial charge < -0.3 is 24.5 Å². The minimum absolute atomic E-state index is 0.263. The van der Waals surface area contributed by atoms with Crippen molar-refractivity contribution in [1.82, 2.24) is 19.8 Å². The molecule has 0 aliphatic carbocycles. The molecule has 9 nitrogen and oxygen atoms in total. The van der Waals surface area contributed by atoms with Gasteiger partial charge in [0, 0.05) is 37.6 Å². The fraction of sp³-hybridized carbons (Fsp3) is 0.500. The number of hydrogen-bond acceptors (Lipinski definition) is 7. The number of carboxylic acid groups (broad SMARTS) is 1. The molecule has 2 saturated heterocycles. The van der Waals surface area contributed by atoms with Gasteiger partial charge in [-0.15, -0.1) is 0 Å². The van der Waals surface area contributed by atoms with Crippen LogP contribution in [0.2, 0.25) is 5.02 Å². The number of hydrogen-bond donors (Lipinski definition) is 1. The molecular formula is C20H23ClN6O3. The van der Waals surface area contributed by atoms with Crippen LogP contribution in [0.25, 0.3) is 10.9 Å². The van der Waals surface area contributed by atoms with Crippen molar-refractivity contribution in [3.8, 4) is 12.1 Å². The number of nitrogens with zero attached hydrogens (tertiary/aromatic N) is 6. The molecule has 0 unspecified atom stereocenters. The first kappa shape index (κ1) is 20.4. The Morgan fingerprint density at radius 1 is 1.30 bits per heavy atom. The Bertz CT molecular complexity index is 1000. The maximum Gasteiger partial charge on any atom is 0.407 e. The Morgan fingerprint density at radius 3 is 2.70 bits per heavy atom. The first-order valence-corrected chi connectivity index (χ1v) is 10.3. The first-order valence-electron chi connectivity index (χ1n) is 9.93. The van der Waals surface area contributed by atoms with E-state index in [1.165, 1.54) is 4.90 Å². The number of anilines is 1. The first-order chi connectivity index (χ1) is 14.5. The molecule has 0 bridgehead atoms. The molecule has 2 aliphatic rings. The molecular weight excluding hydrogens is 408 g/mol. The summed E-state index contributed by atoms with van der Waals surface area (Å²) in [7, 11) is 2.08. The number of rotatable bonds is 4. The summed E-state index contributed by atoms with van der Waals surface area (Å²) in [6.07, 6.45) is 1.30. The average Bonchev–Trinajstić information content (AvgIpc) is 3.16. The maximum atomic E-state index is 11.2. The molecule has 1 N–H and O–H groups in total. The van der Waals surface area contributed by atoms with Crippen LogP contribution >= 0.6 is 11.6 Å². The van der Waals surface area contributed by atoms with Gasteiger partial charge in [-0.25, -0.2) is 4.79 Å². The number of aromatic nitrogens is 2. The molecule has 2 fully saturated rings. The van der Waals surface area contributed by atoms with E-state index in [1.807, 2.05) is 4.90 Å². The molecule has 0 radical (unpaired) electrons. The highest BCUT2D eigenvalue weighted by molar-refractivity contribution is 6.32. The summed E-state index contributed by atoms with van der Waals surface area (Å²) >= 11 is 6.23. The predicted molar refractivity (Wildman–Crippen MR) is 112 cm³/mol. The third kappa shape index (κ3) is 4.06. The quantitative estimate of drug-likeness (QED) is 0.788. The fourth-order valence-electron chi connectivity index (χ4n) is 3.97. The van der Waals surface area contributed by atoms with Gasteiger partial charge in [0.1, 0.15) is 18.5 Å². The molecule has 158 valence electrons. The van der Waals surface area contributed by atoms with Crippen LogP contribution in [0.4, 0.5) is 10.6 Å². The molecule has 2 aromatic rings. The molecule has 3 heterocycles. The molecule has 10 heteroatoms. The van der Waals surface area contributed by atoms with Crippen LogP contribution in [0, 0.1) is 11.3 Å². The van der Waals surface area contributed by atoms with Gasteiger partial charge in [0.25, 0.3) is 0 Å². The molecule has 1 atom stereocenters. The van der Waals surface area contributed by atoms with E-state index in [0.29, 0.717) is 66.1 Å². The zero-order chi connectivity index (χ0) is 21.3. The molecule has 0 spiro atoms. The summed E-state index contributed by atoms with van der Waals surface area (Å²) < 4.78 is 5.95. The van der Waals surface area contributed by atoms with Crippen LogP contribution in [0.1, 0.15) is 18.4 Å². The van der Waals surface area contributed by atoms with E-state index in [4.69, 9.17) is 16.3 Å². The largest absolute Gasteiger partial charge is 0.465 e. The van der Waals surface area contributed by atoms with Gasteiger partial charge in [-0.1, -0.05) is 11.6 Å². The number of fused-ring (bicyclic) bond motifs is 1. The van der Waals surface area contributed by atoms with E-state index >= 15 is 0 Å². The second-order valence-corrected chi connectivity index (χ2v) is 8.04. The standard InChI is InChI=1S/C20H23ClN6O3/c1-25-4-2-3-14(25)12-30-19-23-17-10-16(21)13(11-22)9-15(17)18(24-19)26-5-7-27(8-6-26)20(28)29/h9-10,14H,2-8,12H2,1H3,(H,28,29)/t14-/m0/s1. The summed E-state index contributed by atoms with van der Waals surface area (Å²) in [5.41, 5.74) is 0.943. The van der Waals surface area contributed by atoms with Crippen LogP contribution in [0.15, 0.2) is 12.1 Å². The lowest BCUT2D eigenvalue weighted by Crippen LogP contribution is -2.48. The lowest BCUT2D eigenvalue weighted by molar-refractivity contribution is 0.142. The molecule has 4 rings (SSSR count). The fourth-order valence-corrected chi connectivity index (χ4v) is 4.17. The molecule has 0 saturated carbocycles. The van der Waals surface area contributed by atoms with Gasteiger partial charge in [0.05, 0.1) is 16.1 Å². The van der Waals surface area contributed by atoms with Crippen molar-refractivity contribution in [3.05, 3.63) is 22.7 Å². The van der Waals surface area contributed by atoms with Gasteiger partial charge in [0.15, 0.2) is 0 Å². The minimum atomic E-state index is -0.926. The Hall–Kier alpha value is -2.83. The van der Waals surface area contributed by atoms with Crippen LogP contribution in [-0.2, 0) is 0 Å². The summed E-state index contributed by atoms with van der Waals surface area (Å²) in [5, 5.41) is 19.6. The Balaban J connectivity index is 1.66. The second-order valence-electron chi connectivity index (χ2n) is 7.64. The lowest BCUT2D eigenvalue weighted by atomic mass is 10.1. The van der Waals surface area contributed by atoms with Crippen molar-refractivity contribution in [2.24, 2.45) is 0 Å². The molecule has 1 amide bonds. The number of benzene rings is 1. The van der Waals surface area contributed by atoms with Gasteiger partial charge >= 0.3 is 12.1 Å². The van der Waals surface area contributed by atoms with E-state index in [2.05, 4.69) is 28.0 Å². The van der Waals surface area contributed by atoms with Crippen molar-refractivity contribution < 1.29 is 14.6 Å². The Kier molecular flexibility index (Phi) is 5.79. The van der Waals surface area contributed by atoms with Crippen LogP contribution in [-0.4, -0.2) is 83.4 Å². The summed E-state index contributed by atoms with van der Waals surface area (Å²) in [4.78, 5) is 26.0. The minimum Gasteiger partial charge on any atom is -0.465 e. The lowest BCUT2D eigenvalue weighted by Gasteiger charge is -2.34. The van der Waals surface area contributed by atoms with E-state index in [-0.39, 0.29) is 6.01 Å². The van der Waals surface area contributed by atoms with Crippen LogP contribution in [0.5, 0.6) is 6.01 Å². The maximum absolute atomic E-state index is 11.2. The summed E-state index contributed by atoms with van der Waals surface area (Å²) in [6, 6.07) is 6.03. The molecule has 1 aromatic heterocycles. The molecule has 30 heavy (non-hydrogen) atoms. The monoisotopic (exact) mass is 430 g/mol. The van der Waals surface area contributed by atoms with Crippen LogP contribution < -0.4 is 9.64 Å². The number of nitriles is 1. The summed E-state index contributed by atoms with van der Waals surface area (Å²) in [6.45, 7) is 3.29. The zero-order valence-electron chi connectivity index (χ0n) is 16.7. The highest BCUT2D eigenvalue weighted by Crippen LogP contribution is 2.31. The Morgan fingerprint density at radius 2 is 2.07 bits per heavy atom. The highest BCUT2D eigenvalue weighted by atomic mass is 35.5. The van der Waals surface area contributed by atoms with E-state index in [9.17, 15) is 15.2 Å². The van der Waals surface area contributed by atoms with Crippen LogP contribution in [0.3, 0.4) is 0 Å². The van der Waals surface area contributed by atoms with Crippen molar-refractivity contribution in [1.29, 1.82) is 5.26 Å². The number of likely N-dealkylation sites (N-methyl/N-ethyl adjacent to an activating group) is 1. The normalized spacial score (nSPS) is 19.8. The topological polar surface area (TPSA) is 106 Å². The van der Waals surface area contributed by atoms with Crippen molar-refractivity contribution in [2.45, 2.75) is 18.9 Å². The van der Waals surface area contributed by atoms with Crippen molar-refractivity contribution in [2.75, 3.05) is 51.3 Å². The van der Waals surface area contributed by atoms with E-state index in [0.717, 1.165) is 19.4 Å². The third-order valence-electron chi connectivity index (χ3n) is 5.79. The van der Waals surface area contributed by atoms with E-state index in [1.54, 1.807) is 12.1 Å². The average molecular weight is 431 g/mol. The second kappa shape index (κ2) is 8.50. The van der Waals surface area contributed by atoms with Crippen molar-refractivity contribution >= 4 is 34.4 Å². The molecule has 1 aromatic carbocycles.